The van der Waals surface area contributed by atoms with Crippen molar-refractivity contribution < 1.29 is 9.47 Å². The van der Waals surface area contributed by atoms with Gasteiger partial charge in [0.2, 0.25) is 0 Å². The first-order valence-electron chi connectivity index (χ1n) is 7.59. The second-order valence-corrected chi connectivity index (χ2v) is 5.74. The minimum absolute atomic E-state index is 0.0279. The molecule has 1 heterocycles. The Morgan fingerprint density at radius 3 is 2.50 bits per heavy atom. The zero-order chi connectivity index (χ0) is 13.4. The van der Waals surface area contributed by atoms with Gasteiger partial charge in [0.05, 0.1) is 12.2 Å². The molecule has 1 fully saturated rings. The van der Waals surface area contributed by atoms with Crippen LogP contribution in [-0.2, 0) is 9.47 Å². The van der Waals surface area contributed by atoms with Crippen molar-refractivity contribution in [2.75, 3.05) is 0 Å². The molecule has 0 N–H and O–H groups in total. The lowest BCUT2D eigenvalue weighted by atomic mass is 10.0. The SMILES string of the molecule is C=CC[C@H]1C[C@@H](CCCCCC)O[C@@H](C(C)C)O1. The van der Waals surface area contributed by atoms with Crippen LogP contribution in [0.1, 0.15) is 65.7 Å². The molecule has 1 saturated heterocycles. The maximum absolute atomic E-state index is 6.05. The van der Waals surface area contributed by atoms with Crippen molar-refractivity contribution in [3.8, 4) is 0 Å². The van der Waals surface area contributed by atoms with E-state index >= 15 is 0 Å². The highest BCUT2D eigenvalue weighted by Gasteiger charge is 2.30. The fraction of sp³-hybridized carbons (Fsp3) is 0.875. The highest BCUT2D eigenvalue weighted by molar-refractivity contribution is 4.80. The summed E-state index contributed by atoms with van der Waals surface area (Å²) in [6, 6.07) is 0. The van der Waals surface area contributed by atoms with Crippen LogP contribution in [0.4, 0.5) is 0 Å². The van der Waals surface area contributed by atoms with Crippen molar-refractivity contribution in [2.45, 2.75) is 84.2 Å². The first-order valence-corrected chi connectivity index (χ1v) is 7.59. The van der Waals surface area contributed by atoms with Crippen LogP contribution in [0.2, 0.25) is 0 Å². The van der Waals surface area contributed by atoms with Crippen molar-refractivity contribution in [3.63, 3.8) is 0 Å². The molecule has 0 aromatic rings. The minimum Gasteiger partial charge on any atom is -0.349 e. The summed E-state index contributed by atoms with van der Waals surface area (Å²) in [5.74, 6) is 0.427. The van der Waals surface area contributed by atoms with E-state index in [9.17, 15) is 0 Å². The Hall–Kier alpha value is -0.340. The molecular weight excluding hydrogens is 224 g/mol. The van der Waals surface area contributed by atoms with E-state index in [4.69, 9.17) is 9.47 Å². The van der Waals surface area contributed by atoms with Crippen LogP contribution in [0, 0.1) is 5.92 Å². The van der Waals surface area contributed by atoms with Gasteiger partial charge in [-0.15, -0.1) is 6.58 Å². The molecule has 0 aliphatic carbocycles. The van der Waals surface area contributed by atoms with E-state index in [-0.39, 0.29) is 6.29 Å². The van der Waals surface area contributed by atoms with Crippen LogP contribution in [0.15, 0.2) is 12.7 Å². The van der Waals surface area contributed by atoms with Crippen molar-refractivity contribution in [2.24, 2.45) is 5.92 Å². The summed E-state index contributed by atoms with van der Waals surface area (Å²) in [5, 5.41) is 0. The van der Waals surface area contributed by atoms with Gasteiger partial charge in [0.1, 0.15) is 0 Å². The summed E-state index contributed by atoms with van der Waals surface area (Å²) in [6.07, 6.45) is 11.0. The van der Waals surface area contributed by atoms with Crippen molar-refractivity contribution in [1.29, 1.82) is 0 Å². The van der Waals surface area contributed by atoms with Gasteiger partial charge in [0.15, 0.2) is 6.29 Å². The zero-order valence-corrected chi connectivity index (χ0v) is 12.4. The van der Waals surface area contributed by atoms with E-state index in [1.165, 1.54) is 32.1 Å². The largest absolute Gasteiger partial charge is 0.349 e. The third kappa shape index (κ3) is 5.53. The molecule has 0 spiro atoms. The predicted molar refractivity (Wildman–Crippen MR) is 76.6 cm³/mol. The molecule has 0 bridgehead atoms. The lowest BCUT2D eigenvalue weighted by molar-refractivity contribution is -0.259. The van der Waals surface area contributed by atoms with Gasteiger partial charge in [-0.1, -0.05) is 52.5 Å². The third-order valence-corrected chi connectivity index (χ3v) is 3.53. The molecule has 2 nitrogen and oxygen atoms in total. The monoisotopic (exact) mass is 254 g/mol. The van der Waals surface area contributed by atoms with Gasteiger partial charge < -0.3 is 9.47 Å². The molecule has 0 radical (unpaired) electrons. The Balaban J connectivity index is 2.37. The maximum Gasteiger partial charge on any atom is 0.160 e. The first kappa shape index (κ1) is 15.7. The van der Waals surface area contributed by atoms with Crippen molar-refractivity contribution >= 4 is 0 Å². The summed E-state index contributed by atoms with van der Waals surface area (Å²) in [4.78, 5) is 0. The highest BCUT2D eigenvalue weighted by Crippen LogP contribution is 2.27. The Morgan fingerprint density at radius 1 is 1.17 bits per heavy atom. The Kier molecular flexibility index (Phi) is 7.60. The van der Waals surface area contributed by atoms with E-state index in [0.29, 0.717) is 18.1 Å². The Labute approximate surface area is 113 Å². The molecule has 0 amide bonds. The van der Waals surface area contributed by atoms with Gasteiger partial charge >= 0.3 is 0 Å². The van der Waals surface area contributed by atoms with Crippen molar-refractivity contribution in [1.82, 2.24) is 0 Å². The van der Waals surface area contributed by atoms with E-state index in [1.807, 2.05) is 6.08 Å². The van der Waals surface area contributed by atoms with Gasteiger partial charge in [-0.2, -0.15) is 0 Å². The Morgan fingerprint density at radius 2 is 1.89 bits per heavy atom. The highest BCUT2D eigenvalue weighted by atomic mass is 16.7. The van der Waals surface area contributed by atoms with Crippen LogP contribution in [0.5, 0.6) is 0 Å². The average molecular weight is 254 g/mol. The summed E-state index contributed by atoms with van der Waals surface area (Å²) in [5.41, 5.74) is 0. The Bertz CT molecular complexity index is 225. The van der Waals surface area contributed by atoms with Crippen molar-refractivity contribution in [3.05, 3.63) is 12.7 Å². The normalized spacial score (nSPS) is 28.6. The third-order valence-electron chi connectivity index (χ3n) is 3.53. The van der Waals surface area contributed by atoms with Crippen LogP contribution in [0.3, 0.4) is 0 Å². The predicted octanol–water partition coefficient (Wildman–Crippen LogP) is 4.69. The topological polar surface area (TPSA) is 18.5 Å². The van der Waals surface area contributed by atoms with Gasteiger partial charge in [-0.3, -0.25) is 0 Å². The molecule has 106 valence electrons. The number of hydrogen-bond donors (Lipinski definition) is 0. The summed E-state index contributed by atoms with van der Waals surface area (Å²) in [6.45, 7) is 10.4. The fourth-order valence-electron chi connectivity index (χ4n) is 2.45. The molecule has 0 saturated carbocycles. The number of ether oxygens (including phenoxy) is 2. The van der Waals surface area contributed by atoms with Crippen LogP contribution in [0.25, 0.3) is 0 Å². The molecule has 1 rings (SSSR count). The lowest BCUT2D eigenvalue weighted by Crippen LogP contribution is -2.40. The van der Waals surface area contributed by atoms with E-state index in [1.54, 1.807) is 0 Å². The smallest absolute Gasteiger partial charge is 0.160 e. The van der Waals surface area contributed by atoms with Gasteiger partial charge in [-0.25, -0.2) is 0 Å². The van der Waals surface area contributed by atoms with Gasteiger partial charge in [0.25, 0.3) is 0 Å². The quantitative estimate of drug-likeness (QED) is 0.462. The minimum atomic E-state index is -0.0279. The fourth-order valence-corrected chi connectivity index (χ4v) is 2.45. The summed E-state index contributed by atoms with van der Waals surface area (Å²) >= 11 is 0. The van der Waals surface area contributed by atoms with Crippen LogP contribution >= 0.6 is 0 Å². The molecule has 1 aliphatic rings. The van der Waals surface area contributed by atoms with E-state index in [0.717, 1.165) is 12.8 Å². The molecule has 2 heteroatoms. The number of hydrogen-bond acceptors (Lipinski definition) is 2. The second-order valence-electron chi connectivity index (χ2n) is 5.74. The molecule has 0 aromatic heterocycles. The second kappa shape index (κ2) is 8.71. The zero-order valence-electron chi connectivity index (χ0n) is 12.4. The van der Waals surface area contributed by atoms with Crippen LogP contribution in [-0.4, -0.2) is 18.5 Å². The maximum atomic E-state index is 6.05. The molecular formula is C16H30O2. The lowest BCUT2D eigenvalue weighted by Gasteiger charge is -2.37. The van der Waals surface area contributed by atoms with Crippen LogP contribution < -0.4 is 0 Å². The van der Waals surface area contributed by atoms with E-state index < -0.39 is 0 Å². The molecule has 3 atom stereocenters. The number of rotatable bonds is 8. The average Bonchev–Trinajstić information content (AvgIpc) is 2.35. The standard InChI is InChI=1S/C16H30O2/c1-5-7-8-9-11-15-12-14(10-6-2)17-16(18-15)13(3)4/h6,13-16H,2,5,7-12H2,1,3-4H3/t14-,15+,16-/m0/s1. The molecule has 18 heavy (non-hydrogen) atoms. The van der Waals surface area contributed by atoms with Gasteiger partial charge in [-0.05, 0) is 12.8 Å². The van der Waals surface area contributed by atoms with E-state index in [2.05, 4.69) is 27.4 Å². The number of unbranched alkanes of at least 4 members (excludes halogenated alkanes) is 3. The van der Waals surface area contributed by atoms with Gasteiger partial charge in [0, 0.05) is 12.3 Å². The molecule has 0 unspecified atom stereocenters. The molecule has 0 aromatic carbocycles. The summed E-state index contributed by atoms with van der Waals surface area (Å²) < 4.78 is 12.0. The first-order chi connectivity index (χ1) is 8.67. The summed E-state index contributed by atoms with van der Waals surface area (Å²) in [7, 11) is 0. The molecule has 1 aliphatic heterocycles.